The number of carbonyl (C=O) groups is 1. The van der Waals surface area contributed by atoms with Gasteiger partial charge in [0.25, 0.3) is 5.91 Å². The van der Waals surface area contributed by atoms with Crippen molar-refractivity contribution in [1.29, 1.82) is 0 Å². The van der Waals surface area contributed by atoms with Gasteiger partial charge in [-0.3, -0.25) is 4.79 Å². The third-order valence-electron chi connectivity index (χ3n) is 4.04. The van der Waals surface area contributed by atoms with Crippen molar-refractivity contribution in [3.05, 3.63) is 59.2 Å². The van der Waals surface area contributed by atoms with E-state index in [1.165, 1.54) is 20.2 Å². The fourth-order valence-corrected chi connectivity index (χ4v) is 3.81. The molecule has 0 aliphatic carbocycles. The van der Waals surface area contributed by atoms with E-state index in [-0.39, 0.29) is 10.8 Å². The van der Waals surface area contributed by atoms with Gasteiger partial charge in [-0.05, 0) is 54.7 Å². The highest BCUT2D eigenvalue weighted by molar-refractivity contribution is 7.89. The lowest BCUT2D eigenvalue weighted by Gasteiger charge is -2.15. The van der Waals surface area contributed by atoms with Crippen molar-refractivity contribution >= 4 is 21.6 Å². The summed E-state index contributed by atoms with van der Waals surface area (Å²) in [5.74, 6) is 0.193. The lowest BCUT2D eigenvalue weighted by molar-refractivity contribution is 0.102. The van der Waals surface area contributed by atoms with Gasteiger partial charge >= 0.3 is 0 Å². The maximum Gasteiger partial charge on any atom is 0.255 e. The molecule has 1 N–H and O–H groups in total. The van der Waals surface area contributed by atoms with Crippen molar-refractivity contribution in [3.63, 3.8) is 0 Å². The summed E-state index contributed by atoms with van der Waals surface area (Å²) in [6, 6.07) is 12.4. The van der Waals surface area contributed by atoms with Crippen molar-refractivity contribution in [1.82, 2.24) is 4.31 Å². The minimum Gasteiger partial charge on any atom is -0.322 e. The van der Waals surface area contributed by atoms with Crippen LogP contribution in [0.25, 0.3) is 0 Å². The van der Waals surface area contributed by atoms with Crippen molar-refractivity contribution < 1.29 is 13.2 Å². The minimum absolute atomic E-state index is 0.142. The lowest BCUT2D eigenvalue weighted by atomic mass is 10.0. The molecule has 5 nitrogen and oxygen atoms in total. The van der Waals surface area contributed by atoms with Crippen LogP contribution in [0.3, 0.4) is 0 Å². The maximum absolute atomic E-state index is 12.6. The Hall–Kier alpha value is -2.18. The average molecular weight is 375 g/mol. The summed E-state index contributed by atoms with van der Waals surface area (Å²) >= 11 is 0. The van der Waals surface area contributed by atoms with Crippen LogP contribution in [0.5, 0.6) is 0 Å². The molecule has 2 aromatic rings. The smallest absolute Gasteiger partial charge is 0.255 e. The molecule has 0 saturated heterocycles. The standard InChI is InChI=1S/C20H26N2O3S/c1-14(2)11-16-7-6-8-18(12-16)21-20(23)17-10-9-15(3)19(13-17)26(24,25)22(4)5/h6-10,12-14H,11H2,1-5H3,(H,21,23). The highest BCUT2D eigenvalue weighted by Crippen LogP contribution is 2.21. The molecule has 0 fully saturated rings. The van der Waals surface area contributed by atoms with Crippen molar-refractivity contribution in [3.8, 4) is 0 Å². The van der Waals surface area contributed by atoms with Gasteiger partial charge in [0, 0.05) is 25.3 Å². The second kappa shape index (κ2) is 8.01. The zero-order valence-corrected chi connectivity index (χ0v) is 16.7. The monoisotopic (exact) mass is 374 g/mol. The third-order valence-corrected chi connectivity index (χ3v) is 5.99. The molecule has 6 heteroatoms. The Balaban J connectivity index is 2.28. The van der Waals surface area contributed by atoms with Crippen molar-refractivity contribution in [2.45, 2.75) is 32.1 Å². The molecule has 0 aromatic heterocycles. The number of hydrogen-bond acceptors (Lipinski definition) is 3. The Morgan fingerprint density at radius 3 is 2.42 bits per heavy atom. The summed E-state index contributed by atoms with van der Waals surface area (Å²) in [6.45, 7) is 6.00. The van der Waals surface area contributed by atoms with Crippen LogP contribution in [0, 0.1) is 12.8 Å². The minimum atomic E-state index is -3.60. The van der Waals surface area contributed by atoms with E-state index in [4.69, 9.17) is 0 Å². The molecule has 0 radical (unpaired) electrons. The molecule has 0 saturated carbocycles. The predicted molar refractivity (Wildman–Crippen MR) is 105 cm³/mol. The van der Waals surface area contributed by atoms with E-state index in [0.717, 1.165) is 16.3 Å². The number of amides is 1. The number of benzene rings is 2. The molecule has 2 aromatic carbocycles. The van der Waals surface area contributed by atoms with Gasteiger partial charge in [-0.25, -0.2) is 12.7 Å². The van der Waals surface area contributed by atoms with Crippen LogP contribution in [-0.4, -0.2) is 32.7 Å². The molecule has 1 amide bonds. The third kappa shape index (κ3) is 4.71. The summed E-state index contributed by atoms with van der Waals surface area (Å²) in [6.07, 6.45) is 0.930. The Morgan fingerprint density at radius 2 is 1.81 bits per heavy atom. The van der Waals surface area contributed by atoms with Crippen molar-refractivity contribution in [2.75, 3.05) is 19.4 Å². The Kier molecular flexibility index (Phi) is 6.21. The molecule has 0 bridgehead atoms. The fourth-order valence-electron chi connectivity index (χ4n) is 2.67. The van der Waals surface area contributed by atoms with Gasteiger partial charge < -0.3 is 5.32 Å². The summed E-state index contributed by atoms with van der Waals surface area (Å²) < 4.78 is 26.0. The first-order chi connectivity index (χ1) is 12.1. The van der Waals surface area contributed by atoms with E-state index in [9.17, 15) is 13.2 Å². The van der Waals surface area contributed by atoms with E-state index < -0.39 is 10.0 Å². The van der Waals surface area contributed by atoms with E-state index in [2.05, 4.69) is 19.2 Å². The zero-order chi connectivity index (χ0) is 19.5. The zero-order valence-electron chi connectivity index (χ0n) is 15.9. The molecule has 0 atom stereocenters. The van der Waals surface area contributed by atoms with Crippen LogP contribution in [0.15, 0.2) is 47.4 Å². The number of nitrogens with zero attached hydrogens (tertiary/aromatic N) is 1. The van der Waals surface area contributed by atoms with Crippen LogP contribution >= 0.6 is 0 Å². The number of hydrogen-bond donors (Lipinski definition) is 1. The molecule has 2 rings (SSSR count). The topological polar surface area (TPSA) is 66.5 Å². The van der Waals surface area contributed by atoms with E-state index >= 15 is 0 Å². The second-order valence-electron chi connectivity index (χ2n) is 7.02. The normalized spacial score (nSPS) is 11.8. The van der Waals surface area contributed by atoms with Crippen LogP contribution in [0.1, 0.15) is 35.3 Å². The molecule has 0 unspecified atom stereocenters. The van der Waals surface area contributed by atoms with Gasteiger partial charge in [-0.15, -0.1) is 0 Å². The average Bonchev–Trinajstić information content (AvgIpc) is 2.54. The van der Waals surface area contributed by atoms with E-state index in [1.807, 2.05) is 24.3 Å². The first kappa shape index (κ1) is 20.1. The Labute approximate surface area is 156 Å². The summed E-state index contributed by atoms with van der Waals surface area (Å²) in [7, 11) is -0.655. The van der Waals surface area contributed by atoms with Gasteiger partial charge in [-0.2, -0.15) is 0 Å². The molecule has 0 spiro atoms. The number of nitrogens with one attached hydrogen (secondary N) is 1. The van der Waals surface area contributed by atoms with Crippen LogP contribution < -0.4 is 5.32 Å². The molecular weight excluding hydrogens is 348 g/mol. The SMILES string of the molecule is Cc1ccc(C(=O)Nc2cccc(CC(C)C)c2)cc1S(=O)(=O)N(C)C. The first-order valence-electron chi connectivity index (χ1n) is 8.54. The highest BCUT2D eigenvalue weighted by Gasteiger charge is 2.21. The first-order valence-corrected chi connectivity index (χ1v) is 9.98. The Bertz CT molecular complexity index is 903. The van der Waals surface area contributed by atoms with Gasteiger partial charge in [0.05, 0.1) is 4.90 Å². The lowest BCUT2D eigenvalue weighted by Crippen LogP contribution is -2.23. The largest absolute Gasteiger partial charge is 0.322 e. The van der Waals surface area contributed by atoms with Gasteiger partial charge in [-0.1, -0.05) is 32.0 Å². The summed E-state index contributed by atoms with van der Waals surface area (Å²) in [5.41, 5.74) is 2.77. The van der Waals surface area contributed by atoms with E-state index in [0.29, 0.717) is 22.7 Å². The maximum atomic E-state index is 12.6. The summed E-state index contributed by atoms with van der Waals surface area (Å²) in [4.78, 5) is 12.7. The molecule has 0 aliphatic heterocycles. The molecular formula is C20H26N2O3S. The molecule has 140 valence electrons. The number of carbonyl (C=O) groups excluding carboxylic acids is 1. The highest BCUT2D eigenvalue weighted by atomic mass is 32.2. The van der Waals surface area contributed by atoms with Crippen molar-refractivity contribution in [2.24, 2.45) is 5.92 Å². The predicted octanol–water partition coefficient (Wildman–Crippen LogP) is 3.70. The van der Waals surface area contributed by atoms with Gasteiger partial charge in [0.2, 0.25) is 10.0 Å². The number of anilines is 1. The fraction of sp³-hybridized carbons (Fsp3) is 0.350. The molecule has 26 heavy (non-hydrogen) atoms. The van der Waals surface area contributed by atoms with Crippen LogP contribution in [0.4, 0.5) is 5.69 Å². The quantitative estimate of drug-likeness (QED) is 0.838. The number of rotatable bonds is 6. The Morgan fingerprint density at radius 1 is 1.12 bits per heavy atom. The summed E-state index contributed by atoms with van der Waals surface area (Å²) in [5, 5.41) is 2.85. The van der Waals surface area contributed by atoms with Crippen LogP contribution in [0.2, 0.25) is 0 Å². The number of aryl methyl sites for hydroxylation is 1. The van der Waals surface area contributed by atoms with Crippen LogP contribution in [-0.2, 0) is 16.4 Å². The van der Waals surface area contributed by atoms with Gasteiger partial charge in [0.15, 0.2) is 0 Å². The van der Waals surface area contributed by atoms with E-state index in [1.54, 1.807) is 19.1 Å². The molecule has 0 heterocycles. The molecule has 0 aliphatic rings. The second-order valence-corrected chi connectivity index (χ2v) is 9.14. The van der Waals surface area contributed by atoms with Gasteiger partial charge in [0.1, 0.15) is 0 Å². The number of sulfonamides is 1.